The van der Waals surface area contributed by atoms with Crippen molar-refractivity contribution in [2.75, 3.05) is 13.2 Å². The molecular formula is C20H32O4. The summed E-state index contributed by atoms with van der Waals surface area (Å²) in [7, 11) is 0. The Balaban J connectivity index is 4.48. The Morgan fingerprint density at radius 1 is 0.833 bits per heavy atom. The number of carboxylic acids is 1. The maximum absolute atomic E-state index is 11.2. The standard InChI is InChI=1S/C20H32O4/c1-16(2)7-4-11-19(20(23)24)12-6-10-18(15-22)9-5-8-17(3)13-14-21/h7,9,12-13,21-22H,4-6,8,10-11,14-15H2,1-3H3,(H,23,24)/b17-13-,18-9-,19-12-. The molecule has 4 heteroatoms. The number of rotatable bonds is 12. The first-order chi connectivity index (χ1) is 11.4. The van der Waals surface area contributed by atoms with E-state index in [9.17, 15) is 15.0 Å². The second-order valence-electron chi connectivity index (χ2n) is 6.19. The fourth-order valence-electron chi connectivity index (χ4n) is 2.25. The third-order valence-corrected chi connectivity index (χ3v) is 3.71. The molecule has 3 N–H and O–H groups in total. The third kappa shape index (κ3) is 11.9. The minimum Gasteiger partial charge on any atom is -0.478 e. The summed E-state index contributed by atoms with van der Waals surface area (Å²) in [6, 6.07) is 0. The van der Waals surface area contributed by atoms with Gasteiger partial charge in [-0.05, 0) is 64.9 Å². The van der Waals surface area contributed by atoms with Crippen molar-refractivity contribution in [3.8, 4) is 0 Å². The van der Waals surface area contributed by atoms with Gasteiger partial charge in [-0.1, -0.05) is 35.5 Å². The van der Waals surface area contributed by atoms with E-state index < -0.39 is 5.97 Å². The second-order valence-corrected chi connectivity index (χ2v) is 6.19. The quantitative estimate of drug-likeness (QED) is 0.369. The van der Waals surface area contributed by atoms with E-state index in [4.69, 9.17) is 5.11 Å². The van der Waals surface area contributed by atoms with Crippen LogP contribution >= 0.6 is 0 Å². The minimum absolute atomic E-state index is 0.00320. The lowest BCUT2D eigenvalue weighted by Crippen LogP contribution is -2.01. The van der Waals surface area contributed by atoms with Crippen LogP contribution in [-0.2, 0) is 4.79 Å². The third-order valence-electron chi connectivity index (χ3n) is 3.71. The van der Waals surface area contributed by atoms with E-state index in [0.29, 0.717) is 24.8 Å². The van der Waals surface area contributed by atoms with Crippen LogP contribution in [0, 0.1) is 0 Å². The molecule has 0 fully saturated rings. The van der Waals surface area contributed by atoms with Gasteiger partial charge in [-0.15, -0.1) is 0 Å². The molecule has 0 heterocycles. The molecular weight excluding hydrogens is 304 g/mol. The van der Waals surface area contributed by atoms with Crippen LogP contribution in [0.15, 0.2) is 46.6 Å². The van der Waals surface area contributed by atoms with Crippen LogP contribution in [-0.4, -0.2) is 34.5 Å². The van der Waals surface area contributed by atoms with Crippen LogP contribution < -0.4 is 0 Å². The molecule has 0 aliphatic carbocycles. The van der Waals surface area contributed by atoms with Crippen LogP contribution in [0.4, 0.5) is 0 Å². The number of aliphatic hydroxyl groups is 2. The van der Waals surface area contributed by atoms with Crippen LogP contribution in [0.5, 0.6) is 0 Å². The maximum Gasteiger partial charge on any atom is 0.331 e. The summed E-state index contributed by atoms with van der Waals surface area (Å²) in [5.74, 6) is -0.864. The molecule has 0 unspecified atom stereocenters. The molecule has 0 aliphatic rings. The molecule has 0 aromatic heterocycles. The zero-order chi connectivity index (χ0) is 18.4. The van der Waals surface area contributed by atoms with E-state index in [1.54, 1.807) is 12.2 Å². The summed E-state index contributed by atoms with van der Waals surface area (Å²) >= 11 is 0. The van der Waals surface area contributed by atoms with Gasteiger partial charge in [-0.25, -0.2) is 4.79 Å². The summed E-state index contributed by atoms with van der Waals surface area (Å²) in [5, 5.41) is 27.4. The smallest absolute Gasteiger partial charge is 0.331 e. The average molecular weight is 336 g/mol. The number of allylic oxidation sites excluding steroid dienone is 5. The molecule has 0 aliphatic heterocycles. The Morgan fingerprint density at radius 3 is 2.00 bits per heavy atom. The molecule has 0 amide bonds. The number of hydrogen-bond donors (Lipinski definition) is 3. The molecule has 0 saturated heterocycles. The summed E-state index contributed by atoms with van der Waals surface area (Å²) in [4.78, 5) is 11.2. The second kappa shape index (κ2) is 13.8. The fraction of sp³-hybridized carbons (Fsp3) is 0.550. The Hall–Kier alpha value is -1.65. The summed E-state index contributed by atoms with van der Waals surface area (Å²) in [5.41, 5.74) is 3.68. The fourth-order valence-corrected chi connectivity index (χ4v) is 2.25. The molecule has 0 radical (unpaired) electrons. The molecule has 0 aromatic rings. The predicted octanol–water partition coefficient (Wildman–Crippen LogP) is 4.16. The molecule has 24 heavy (non-hydrogen) atoms. The van der Waals surface area contributed by atoms with Crippen molar-refractivity contribution >= 4 is 5.97 Å². The first kappa shape index (κ1) is 22.4. The Morgan fingerprint density at radius 2 is 1.46 bits per heavy atom. The Bertz CT molecular complexity index is 492. The van der Waals surface area contributed by atoms with Crippen molar-refractivity contribution in [1.29, 1.82) is 0 Å². The van der Waals surface area contributed by atoms with E-state index in [1.165, 1.54) is 5.57 Å². The van der Waals surface area contributed by atoms with Crippen molar-refractivity contribution in [3.05, 3.63) is 46.6 Å². The number of hydrogen-bond acceptors (Lipinski definition) is 3. The van der Waals surface area contributed by atoms with Gasteiger partial charge < -0.3 is 15.3 Å². The summed E-state index contributed by atoms with van der Waals surface area (Å²) in [6.07, 6.45) is 11.8. The average Bonchev–Trinajstić information content (AvgIpc) is 2.51. The first-order valence-corrected chi connectivity index (χ1v) is 8.51. The van der Waals surface area contributed by atoms with Gasteiger partial charge in [0.25, 0.3) is 0 Å². The summed E-state index contributed by atoms with van der Waals surface area (Å²) in [6.45, 7) is 6.02. The number of carbonyl (C=O) groups is 1. The minimum atomic E-state index is -0.864. The van der Waals surface area contributed by atoms with Gasteiger partial charge in [0.1, 0.15) is 0 Å². The maximum atomic E-state index is 11.2. The van der Waals surface area contributed by atoms with E-state index in [0.717, 1.165) is 30.4 Å². The van der Waals surface area contributed by atoms with E-state index >= 15 is 0 Å². The topological polar surface area (TPSA) is 77.8 Å². The highest BCUT2D eigenvalue weighted by molar-refractivity contribution is 5.86. The zero-order valence-electron chi connectivity index (χ0n) is 15.2. The number of aliphatic carboxylic acids is 1. The molecule has 0 saturated carbocycles. The highest BCUT2D eigenvalue weighted by atomic mass is 16.4. The normalized spacial score (nSPS) is 13.1. The van der Waals surface area contributed by atoms with Crippen molar-refractivity contribution in [1.82, 2.24) is 0 Å². The van der Waals surface area contributed by atoms with Crippen molar-refractivity contribution in [2.24, 2.45) is 0 Å². The lowest BCUT2D eigenvalue weighted by atomic mass is 10.0. The van der Waals surface area contributed by atoms with Gasteiger partial charge in [0.15, 0.2) is 0 Å². The predicted molar refractivity (Wildman–Crippen MR) is 98.9 cm³/mol. The molecule has 0 atom stereocenters. The highest BCUT2D eigenvalue weighted by Gasteiger charge is 2.06. The lowest BCUT2D eigenvalue weighted by Gasteiger charge is -2.05. The lowest BCUT2D eigenvalue weighted by molar-refractivity contribution is -0.132. The molecule has 0 aromatic carbocycles. The van der Waals surface area contributed by atoms with Gasteiger partial charge in [0.05, 0.1) is 13.2 Å². The Kier molecular flexibility index (Phi) is 12.8. The van der Waals surface area contributed by atoms with Gasteiger partial charge in [-0.2, -0.15) is 0 Å². The monoisotopic (exact) mass is 336 g/mol. The summed E-state index contributed by atoms with van der Waals surface area (Å²) < 4.78 is 0. The molecule has 136 valence electrons. The van der Waals surface area contributed by atoms with Crippen LogP contribution in [0.2, 0.25) is 0 Å². The molecule has 0 spiro atoms. The van der Waals surface area contributed by atoms with Crippen LogP contribution in [0.3, 0.4) is 0 Å². The van der Waals surface area contributed by atoms with E-state index in [-0.39, 0.29) is 13.2 Å². The van der Waals surface area contributed by atoms with Crippen LogP contribution in [0.1, 0.15) is 59.3 Å². The SMILES string of the molecule is CC(C)=CCC/C(=C/CC/C(=C/CC/C(C)=C\CO)CO)C(=O)O. The molecule has 4 nitrogen and oxygen atoms in total. The van der Waals surface area contributed by atoms with Crippen molar-refractivity contribution in [3.63, 3.8) is 0 Å². The van der Waals surface area contributed by atoms with Gasteiger partial charge >= 0.3 is 5.97 Å². The first-order valence-electron chi connectivity index (χ1n) is 8.51. The number of aliphatic hydroxyl groups excluding tert-OH is 2. The van der Waals surface area contributed by atoms with Gasteiger partial charge in [0, 0.05) is 5.57 Å². The number of carboxylic acid groups (broad SMARTS) is 1. The van der Waals surface area contributed by atoms with E-state index in [2.05, 4.69) is 0 Å². The largest absolute Gasteiger partial charge is 0.478 e. The van der Waals surface area contributed by atoms with E-state index in [1.807, 2.05) is 32.9 Å². The molecule has 0 rings (SSSR count). The van der Waals surface area contributed by atoms with Crippen molar-refractivity contribution < 1.29 is 20.1 Å². The highest BCUT2D eigenvalue weighted by Crippen LogP contribution is 2.14. The zero-order valence-corrected chi connectivity index (χ0v) is 15.2. The molecule has 0 bridgehead atoms. The van der Waals surface area contributed by atoms with Gasteiger partial charge in [-0.3, -0.25) is 0 Å². The van der Waals surface area contributed by atoms with Crippen LogP contribution in [0.25, 0.3) is 0 Å². The Labute approximate surface area is 145 Å². The van der Waals surface area contributed by atoms with Gasteiger partial charge in [0.2, 0.25) is 0 Å². The van der Waals surface area contributed by atoms with Crippen molar-refractivity contribution in [2.45, 2.75) is 59.3 Å².